The molecule has 2 aromatic carbocycles. The highest BCUT2D eigenvalue weighted by molar-refractivity contribution is 7.80. The summed E-state index contributed by atoms with van der Waals surface area (Å²) in [7, 11) is -3.04. The van der Waals surface area contributed by atoms with Crippen LogP contribution < -0.4 is 10.6 Å². The molecular weight excluding hydrogens is 379 g/mol. The van der Waals surface area contributed by atoms with Crippen LogP contribution >= 0.6 is 7.14 Å². The summed E-state index contributed by atoms with van der Waals surface area (Å²) in [6.07, 6.45) is 9.35. The first-order valence-electron chi connectivity index (χ1n) is 10.9. The number of aliphatic hydroxyl groups is 1. The lowest BCUT2D eigenvalue weighted by Gasteiger charge is -2.27. The summed E-state index contributed by atoms with van der Waals surface area (Å²) in [5.74, 6) is 0.0186. The van der Waals surface area contributed by atoms with Gasteiger partial charge in [0.15, 0.2) is 7.14 Å². The van der Waals surface area contributed by atoms with Gasteiger partial charge in [-0.05, 0) is 19.8 Å². The second kappa shape index (κ2) is 12.8. The van der Waals surface area contributed by atoms with Gasteiger partial charge in [-0.1, -0.05) is 106 Å². The summed E-state index contributed by atoms with van der Waals surface area (Å²) < 4.78 is 14.4. The topological polar surface area (TPSA) is 54.4 Å². The number of unbranched alkanes of at least 4 members (excludes halogenated alkanes) is 7. The molecule has 1 unspecified atom stereocenters. The van der Waals surface area contributed by atoms with Gasteiger partial charge in [0.1, 0.15) is 5.78 Å². The minimum absolute atomic E-state index is 0.0186. The van der Waals surface area contributed by atoms with Gasteiger partial charge in [0.2, 0.25) is 0 Å². The lowest BCUT2D eigenvalue weighted by atomic mass is 10.1. The quantitative estimate of drug-likeness (QED) is 0.330. The Labute approximate surface area is 175 Å². The monoisotopic (exact) mass is 414 g/mol. The summed E-state index contributed by atoms with van der Waals surface area (Å²) >= 11 is 0. The van der Waals surface area contributed by atoms with E-state index in [9.17, 15) is 9.36 Å². The van der Waals surface area contributed by atoms with E-state index >= 15 is 0 Å². The molecule has 4 heteroatoms. The summed E-state index contributed by atoms with van der Waals surface area (Å²) in [5, 5.41) is 10.4. The van der Waals surface area contributed by atoms with E-state index in [0.29, 0.717) is 6.42 Å². The van der Waals surface area contributed by atoms with Crippen molar-refractivity contribution in [1.82, 2.24) is 0 Å². The molecule has 0 saturated heterocycles. The van der Waals surface area contributed by atoms with Crippen molar-refractivity contribution in [2.24, 2.45) is 0 Å². The van der Waals surface area contributed by atoms with Crippen LogP contribution in [0.1, 0.15) is 64.7 Å². The van der Waals surface area contributed by atoms with E-state index in [4.69, 9.17) is 5.11 Å². The molecule has 0 saturated carbocycles. The van der Waals surface area contributed by atoms with Crippen molar-refractivity contribution in [1.29, 1.82) is 0 Å². The molecule has 2 rings (SSSR count). The van der Waals surface area contributed by atoms with Crippen LogP contribution in [0.5, 0.6) is 0 Å². The van der Waals surface area contributed by atoms with Crippen molar-refractivity contribution in [3.8, 4) is 0 Å². The minimum Gasteiger partial charge on any atom is -0.396 e. The molecule has 0 aliphatic rings. The van der Waals surface area contributed by atoms with E-state index in [-0.39, 0.29) is 12.4 Å². The molecule has 2 aromatic rings. The van der Waals surface area contributed by atoms with Crippen molar-refractivity contribution in [3.63, 3.8) is 0 Å². The molecule has 0 heterocycles. The number of carbonyl (C=O) groups excluding carboxylic acids is 1. The molecule has 0 aliphatic heterocycles. The Morgan fingerprint density at radius 2 is 1.17 bits per heavy atom. The summed E-state index contributed by atoms with van der Waals surface area (Å²) in [5.41, 5.74) is -0.461. The van der Waals surface area contributed by atoms with Gasteiger partial charge in [0.05, 0.1) is 5.66 Å². The van der Waals surface area contributed by atoms with Crippen LogP contribution in [-0.2, 0) is 9.36 Å². The molecule has 0 bridgehead atoms. The lowest BCUT2D eigenvalue weighted by molar-refractivity contribution is -0.116. The van der Waals surface area contributed by atoms with Crippen molar-refractivity contribution in [3.05, 3.63) is 60.7 Å². The molecule has 29 heavy (non-hydrogen) atoms. The Morgan fingerprint density at radius 3 is 1.59 bits per heavy atom. The number of Topliss-reactive ketones (excluding diaryl/α,β-unsaturated/α-hetero) is 1. The van der Waals surface area contributed by atoms with E-state index in [1.807, 2.05) is 60.7 Å². The zero-order valence-electron chi connectivity index (χ0n) is 17.6. The van der Waals surface area contributed by atoms with Gasteiger partial charge in [-0.15, -0.1) is 0 Å². The number of hydrogen-bond donors (Lipinski definition) is 1. The largest absolute Gasteiger partial charge is 0.396 e. The molecule has 0 radical (unpaired) electrons. The average Bonchev–Trinajstić information content (AvgIpc) is 2.75. The number of rotatable bonds is 14. The minimum atomic E-state index is -3.04. The number of ketones is 1. The summed E-state index contributed by atoms with van der Waals surface area (Å²) in [4.78, 5) is 12.6. The number of hydrogen-bond acceptors (Lipinski definition) is 3. The number of aliphatic hydroxyl groups excluding tert-OH is 1. The fraction of sp³-hybridized carbons (Fsp3) is 0.480. The Kier molecular flexibility index (Phi) is 10.4. The molecule has 1 N–H and O–H groups in total. The van der Waals surface area contributed by atoms with Gasteiger partial charge in [0, 0.05) is 17.2 Å². The standard InChI is InChI=1S/C25H35O3P/c1-22(27)25(20-14-6-4-2-3-5-7-15-21-26)29(28,23-16-10-8-11-17-23)24-18-12-9-13-19-24/h8-13,16-19,25-26H,2-7,14-15,20-21H2,1H3. The summed E-state index contributed by atoms with van der Waals surface area (Å²) in [6.45, 7) is 1.87. The SMILES string of the molecule is CC(=O)C(CCCCCCCCCCO)P(=O)(c1ccccc1)c1ccccc1. The number of benzene rings is 2. The first-order chi connectivity index (χ1) is 14.1. The van der Waals surface area contributed by atoms with Crippen LogP contribution in [0.15, 0.2) is 60.7 Å². The van der Waals surface area contributed by atoms with Gasteiger partial charge in [-0.25, -0.2) is 0 Å². The third-order valence-corrected chi connectivity index (χ3v) is 9.20. The van der Waals surface area contributed by atoms with Crippen LogP contribution in [0.4, 0.5) is 0 Å². The van der Waals surface area contributed by atoms with E-state index in [1.54, 1.807) is 6.92 Å². The molecule has 3 nitrogen and oxygen atoms in total. The molecule has 0 spiro atoms. The zero-order chi connectivity index (χ0) is 21.0. The maximum atomic E-state index is 14.4. The Bertz CT molecular complexity index is 715. The molecule has 158 valence electrons. The average molecular weight is 415 g/mol. The maximum Gasteiger partial charge on any atom is 0.153 e. The van der Waals surface area contributed by atoms with Crippen molar-refractivity contribution < 1.29 is 14.5 Å². The lowest BCUT2D eigenvalue weighted by Crippen LogP contribution is -2.30. The van der Waals surface area contributed by atoms with Crippen LogP contribution in [0.3, 0.4) is 0 Å². The molecule has 0 fully saturated rings. The van der Waals surface area contributed by atoms with E-state index in [0.717, 1.165) is 42.7 Å². The van der Waals surface area contributed by atoms with Crippen LogP contribution in [0.2, 0.25) is 0 Å². The van der Waals surface area contributed by atoms with Gasteiger partial charge in [-0.3, -0.25) is 4.79 Å². The van der Waals surface area contributed by atoms with Crippen LogP contribution in [0, 0.1) is 0 Å². The molecule has 0 aliphatic carbocycles. The second-order valence-electron chi connectivity index (χ2n) is 7.80. The zero-order valence-corrected chi connectivity index (χ0v) is 18.5. The van der Waals surface area contributed by atoms with Crippen molar-refractivity contribution in [2.45, 2.75) is 70.4 Å². The third-order valence-electron chi connectivity index (χ3n) is 5.57. The molecular formula is C25H35O3P. The Hall–Kier alpha value is -1.70. The Morgan fingerprint density at radius 1 is 0.759 bits per heavy atom. The number of carbonyl (C=O) groups is 1. The second-order valence-corrected chi connectivity index (χ2v) is 10.8. The third kappa shape index (κ3) is 6.94. The Balaban J connectivity index is 2.04. The van der Waals surface area contributed by atoms with Crippen molar-refractivity contribution >= 4 is 23.5 Å². The van der Waals surface area contributed by atoms with Gasteiger partial charge >= 0.3 is 0 Å². The normalized spacial score (nSPS) is 12.6. The van der Waals surface area contributed by atoms with Gasteiger partial charge in [-0.2, -0.15) is 0 Å². The highest BCUT2D eigenvalue weighted by atomic mass is 31.2. The fourth-order valence-corrected chi connectivity index (χ4v) is 7.27. The first kappa shape index (κ1) is 23.6. The first-order valence-corrected chi connectivity index (χ1v) is 12.7. The molecule has 0 amide bonds. The predicted octanol–water partition coefficient (Wildman–Crippen LogP) is 5.46. The van der Waals surface area contributed by atoms with Crippen LogP contribution in [-0.4, -0.2) is 23.2 Å². The predicted molar refractivity (Wildman–Crippen MR) is 123 cm³/mol. The summed E-state index contributed by atoms with van der Waals surface area (Å²) in [6, 6.07) is 19.0. The highest BCUT2D eigenvalue weighted by Crippen LogP contribution is 2.50. The molecule has 1 atom stereocenters. The smallest absolute Gasteiger partial charge is 0.153 e. The van der Waals surface area contributed by atoms with E-state index in [1.165, 1.54) is 19.3 Å². The van der Waals surface area contributed by atoms with E-state index < -0.39 is 12.8 Å². The van der Waals surface area contributed by atoms with E-state index in [2.05, 4.69) is 0 Å². The van der Waals surface area contributed by atoms with Crippen molar-refractivity contribution in [2.75, 3.05) is 6.61 Å². The maximum absolute atomic E-state index is 14.4. The molecule has 0 aromatic heterocycles. The van der Waals surface area contributed by atoms with Gasteiger partial charge < -0.3 is 9.67 Å². The van der Waals surface area contributed by atoms with Gasteiger partial charge in [0.25, 0.3) is 0 Å². The van der Waals surface area contributed by atoms with Crippen LogP contribution in [0.25, 0.3) is 0 Å². The fourth-order valence-electron chi connectivity index (χ4n) is 3.96. The highest BCUT2D eigenvalue weighted by Gasteiger charge is 2.38.